The van der Waals surface area contributed by atoms with E-state index in [1.54, 1.807) is 13.8 Å². The molecule has 1 amide bonds. The van der Waals surface area contributed by atoms with E-state index < -0.39 is 12.0 Å². The van der Waals surface area contributed by atoms with Crippen molar-refractivity contribution < 1.29 is 14.7 Å². The van der Waals surface area contributed by atoms with Crippen LogP contribution in [-0.4, -0.2) is 23.0 Å². The van der Waals surface area contributed by atoms with E-state index in [-0.39, 0.29) is 24.2 Å². The molecular weight excluding hydrogens is 302 g/mol. The van der Waals surface area contributed by atoms with Crippen LogP contribution in [0.3, 0.4) is 0 Å². The molecule has 0 aromatic heterocycles. The van der Waals surface area contributed by atoms with E-state index in [2.05, 4.69) is 5.32 Å². The molecule has 0 aliphatic rings. The Morgan fingerprint density at radius 2 is 1.38 bits per heavy atom. The largest absolute Gasteiger partial charge is 0.480 e. The molecule has 2 aromatic rings. The first-order valence-corrected chi connectivity index (χ1v) is 8.11. The lowest BCUT2D eigenvalue weighted by Crippen LogP contribution is -2.44. The van der Waals surface area contributed by atoms with Gasteiger partial charge in [0.2, 0.25) is 5.91 Å². The number of amides is 1. The zero-order valence-corrected chi connectivity index (χ0v) is 14.0. The van der Waals surface area contributed by atoms with Crippen molar-refractivity contribution in [3.63, 3.8) is 0 Å². The van der Waals surface area contributed by atoms with Crippen LogP contribution in [0, 0.1) is 5.92 Å². The Morgan fingerprint density at radius 3 is 1.75 bits per heavy atom. The predicted octanol–water partition coefficient (Wildman–Crippen LogP) is 3.43. The van der Waals surface area contributed by atoms with E-state index in [0.29, 0.717) is 0 Å². The number of hydrogen-bond acceptors (Lipinski definition) is 2. The Morgan fingerprint density at radius 1 is 0.917 bits per heavy atom. The van der Waals surface area contributed by atoms with E-state index >= 15 is 0 Å². The summed E-state index contributed by atoms with van der Waals surface area (Å²) in [7, 11) is 0. The van der Waals surface area contributed by atoms with Crippen LogP contribution in [-0.2, 0) is 9.59 Å². The number of aliphatic carboxylic acids is 1. The molecule has 0 bridgehead atoms. The maximum atomic E-state index is 12.4. The fraction of sp³-hybridized carbons (Fsp3) is 0.300. The molecule has 1 atom stereocenters. The number of carbonyl (C=O) groups excluding carboxylic acids is 1. The summed E-state index contributed by atoms with van der Waals surface area (Å²) in [5.74, 6) is -1.53. The molecule has 2 aromatic carbocycles. The fourth-order valence-electron chi connectivity index (χ4n) is 2.73. The number of nitrogens with one attached hydrogen (secondary N) is 1. The lowest BCUT2D eigenvalue weighted by molar-refractivity contribution is -0.143. The fourth-order valence-corrected chi connectivity index (χ4v) is 2.73. The molecule has 4 nitrogen and oxygen atoms in total. The van der Waals surface area contributed by atoms with Gasteiger partial charge in [0, 0.05) is 12.3 Å². The summed E-state index contributed by atoms with van der Waals surface area (Å²) in [5.41, 5.74) is 2.07. The second kappa shape index (κ2) is 8.29. The molecule has 0 spiro atoms. The highest BCUT2D eigenvalue weighted by Crippen LogP contribution is 2.27. The lowest BCUT2D eigenvalue weighted by atomic mass is 9.88. The zero-order valence-electron chi connectivity index (χ0n) is 14.0. The van der Waals surface area contributed by atoms with Crippen molar-refractivity contribution in [2.24, 2.45) is 5.92 Å². The van der Waals surface area contributed by atoms with Gasteiger partial charge in [-0.1, -0.05) is 74.5 Å². The first kappa shape index (κ1) is 17.7. The van der Waals surface area contributed by atoms with Crippen LogP contribution >= 0.6 is 0 Å². The van der Waals surface area contributed by atoms with Gasteiger partial charge >= 0.3 is 5.97 Å². The van der Waals surface area contributed by atoms with Gasteiger partial charge in [-0.3, -0.25) is 4.79 Å². The van der Waals surface area contributed by atoms with Crippen molar-refractivity contribution >= 4 is 11.9 Å². The van der Waals surface area contributed by atoms with Gasteiger partial charge < -0.3 is 10.4 Å². The summed E-state index contributed by atoms with van der Waals surface area (Å²) in [6.45, 7) is 3.57. The van der Waals surface area contributed by atoms with Gasteiger partial charge in [0.1, 0.15) is 6.04 Å². The van der Waals surface area contributed by atoms with Gasteiger partial charge in [-0.15, -0.1) is 0 Å². The smallest absolute Gasteiger partial charge is 0.326 e. The highest BCUT2D eigenvalue weighted by Gasteiger charge is 2.25. The summed E-state index contributed by atoms with van der Waals surface area (Å²) in [5, 5.41) is 11.9. The number of rotatable bonds is 7. The topological polar surface area (TPSA) is 66.4 Å². The monoisotopic (exact) mass is 325 g/mol. The van der Waals surface area contributed by atoms with Crippen LogP contribution in [0.25, 0.3) is 0 Å². The van der Waals surface area contributed by atoms with Crippen LogP contribution in [0.15, 0.2) is 60.7 Å². The molecule has 0 heterocycles. The van der Waals surface area contributed by atoms with Crippen LogP contribution in [0.2, 0.25) is 0 Å². The van der Waals surface area contributed by atoms with Gasteiger partial charge in [-0.05, 0) is 17.0 Å². The molecule has 0 radical (unpaired) electrons. The average molecular weight is 325 g/mol. The van der Waals surface area contributed by atoms with Crippen molar-refractivity contribution in [1.82, 2.24) is 5.32 Å². The molecule has 0 fully saturated rings. The van der Waals surface area contributed by atoms with Crippen molar-refractivity contribution in [2.75, 3.05) is 0 Å². The Bertz CT molecular complexity index is 628. The minimum absolute atomic E-state index is 0.103. The summed E-state index contributed by atoms with van der Waals surface area (Å²) in [6.07, 6.45) is 0.213. The van der Waals surface area contributed by atoms with Crippen molar-refractivity contribution in [3.8, 4) is 0 Å². The maximum Gasteiger partial charge on any atom is 0.326 e. The van der Waals surface area contributed by atoms with Crippen molar-refractivity contribution in [3.05, 3.63) is 71.8 Å². The van der Waals surface area contributed by atoms with Crippen LogP contribution in [0.1, 0.15) is 37.3 Å². The maximum absolute atomic E-state index is 12.4. The molecular formula is C20H23NO3. The molecule has 2 N–H and O–H groups in total. The summed E-state index contributed by atoms with van der Waals surface area (Å²) < 4.78 is 0. The quantitative estimate of drug-likeness (QED) is 0.819. The van der Waals surface area contributed by atoms with Crippen LogP contribution in [0.4, 0.5) is 0 Å². The molecule has 24 heavy (non-hydrogen) atoms. The average Bonchev–Trinajstić information content (AvgIpc) is 2.58. The summed E-state index contributed by atoms with van der Waals surface area (Å²) in [4.78, 5) is 23.7. The lowest BCUT2D eigenvalue weighted by Gasteiger charge is -2.21. The van der Waals surface area contributed by atoms with Gasteiger partial charge in [-0.25, -0.2) is 4.79 Å². The van der Waals surface area contributed by atoms with E-state index in [9.17, 15) is 14.7 Å². The van der Waals surface area contributed by atoms with Gasteiger partial charge in [-0.2, -0.15) is 0 Å². The molecule has 126 valence electrons. The Hall–Kier alpha value is -2.62. The van der Waals surface area contributed by atoms with Crippen LogP contribution in [0.5, 0.6) is 0 Å². The minimum atomic E-state index is -1.01. The van der Waals surface area contributed by atoms with E-state index in [4.69, 9.17) is 0 Å². The highest BCUT2D eigenvalue weighted by atomic mass is 16.4. The SMILES string of the molecule is CC(C)C(NC(=O)CC(c1ccccc1)c1ccccc1)C(=O)O. The third kappa shape index (κ3) is 4.69. The zero-order chi connectivity index (χ0) is 17.5. The third-order valence-corrected chi connectivity index (χ3v) is 4.04. The first-order chi connectivity index (χ1) is 11.5. The van der Waals surface area contributed by atoms with Crippen LogP contribution < -0.4 is 5.32 Å². The van der Waals surface area contributed by atoms with E-state index in [0.717, 1.165) is 11.1 Å². The van der Waals surface area contributed by atoms with Gasteiger partial charge in [0.05, 0.1) is 0 Å². The number of hydrogen-bond donors (Lipinski definition) is 2. The Kier molecular flexibility index (Phi) is 6.13. The third-order valence-electron chi connectivity index (χ3n) is 4.04. The molecule has 0 aliphatic heterocycles. The standard InChI is InChI=1S/C20H23NO3/c1-14(2)19(20(23)24)21-18(22)13-17(15-9-5-3-6-10-15)16-11-7-4-8-12-16/h3-12,14,17,19H,13H2,1-2H3,(H,21,22)(H,23,24). The number of carbonyl (C=O) groups is 2. The van der Waals surface area contributed by atoms with E-state index in [1.807, 2.05) is 60.7 Å². The van der Waals surface area contributed by atoms with E-state index in [1.165, 1.54) is 0 Å². The highest BCUT2D eigenvalue weighted by molar-refractivity contribution is 5.84. The minimum Gasteiger partial charge on any atom is -0.480 e. The molecule has 0 aliphatic carbocycles. The summed E-state index contributed by atoms with van der Waals surface area (Å²) in [6, 6.07) is 18.7. The molecule has 2 rings (SSSR count). The van der Waals surface area contributed by atoms with Crippen molar-refractivity contribution in [2.45, 2.75) is 32.2 Å². The Balaban J connectivity index is 2.20. The number of carboxylic acid groups (broad SMARTS) is 1. The predicted molar refractivity (Wildman–Crippen MR) is 93.7 cm³/mol. The molecule has 1 unspecified atom stereocenters. The molecule has 0 saturated carbocycles. The molecule has 0 saturated heterocycles. The van der Waals surface area contributed by atoms with Crippen molar-refractivity contribution in [1.29, 1.82) is 0 Å². The molecule has 4 heteroatoms. The first-order valence-electron chi connectivity index (χ1n) is 8.11. The summed E-state index contributed by atoms with van der Waals surface area (Å²) >= 11 is 0. The normalized spacial score (nSPS) is 12.2. The second-order valence-electron chi connectivity index (χ2n) is 6.21. The van der Waals surface area contributed by atoms with Gasteiger partial charge in [0.25, 0.3) is 0 Å². The van der Waals surface area contributed by atoms with Gasteiger partial charge in [0.15, 0.2) is 0 Å². The number of benzene rings is 2. The second-order valence-corrected chi connectivity index (χ2v) is 6.21. The Labute approximate surface area is 142 Å². The number of carboxylic acids is 1.